The maximum absolute atomic E-state index is 11.2. The van der Waals surface area contributed by atoms with Crippen LogP contribution in [0.15, 0.2) is 21.8 Å². The van der Waals surface area contributed by atoms with Crippen molar-refractivity contribution in [3.05, 3.63) is 16.7 Å². The lowest BCUT2D eigenvalue weighted by molar-refractivity contribution is 0.292. The van der Waals surface area contributed by atoms with Crippen molar-refractivity contribution in [1.82, 2.24) is 4.98 Å². The van der Waals surface area contributed by atoms with E-state index in [2.05, 4.69) is 20.9 Å². The molecule has 1 aromatic rings. The van der Waals surface area contributed by atoms with Crippen molar-refractivity contribution >= 4 is 26.0 Å². The highest BCUT2D eigenvalue weighted by Gasteiger charge is 2.27. The van der Waals surface area contributed by atoms with E-state index in [9.17, 15) is 8.42 Å². The molecule has 0 saturated heterocycles. The van der Waals surface area contributed by atoms with Gasteiger partial charge in [0.15, 0.2) is 5.75 Å². The molecule has 15 heavy (non-hydrogen) atoms. The van der Waals surface area contributed by atoms with E-state index < -0.39 is 10.0 Å². The van der Waals surface area contributed by atoms with Crippen LogP contribution in [0.4, 0.5) is 0 Å². The van der Waals surface area contributed by atoms with E-state index in [4.69, 9.17) is 9.88 Å². The molecule has 0 amide bonds. The molecule has 1 aliphatic rings. The highest BCUT2D eigenvalue weighted by Crippen LogP contribution is 2.30. The summed E-state index contributed by atoms with van der Waals surface area (Å²) in [7, 11) is -3.84. The predicted molar refractivity (Wildman–Crippen MR) is 57.0 cm³/mol. The Morgan fingerprint density at radius 3 is 2.67 bits per heavy atom. The molecular formula is C8H9BrN2O3S. The van der Waals surface area contributed by atoms with Crippen LogP contribution in [0, 0.1) is 0 Å². The molecular weight excluding hydrogens is 284 g/mol. The Morgan fingerprint density at radius 1 is 1.47 bits per heavy atom. The third-order valence-electron chi connectivity index (χ3n) is 1.88. The molecule has 1 heterocycles. The van der Waals surface area contributed by atoms with Crippen molar-refractivity contribution < 1.29 is 13.2 Å². The number of primary sulfonamides is 1. The lowest BCUT2D eigenvalue weighted by Crippen LogP contribution is -2.16. The first-order chi connectivity index (χ1) is 6.97. The van der Waals surface area contributed by atoms with Crippen LogP contribution in [0.25, 0.3) is 0 Å². The van der Waals surface area contributed by atoms with Crippen LogP contribution in [-0.2, 0) is 10.0 Å². The molecule has 1 fully saturated rings. The third-order valence-corrected chi connectivity index (χ3v) is 3.15. The van der Waals surface area contributed by atoms with Gasteiger partial charge in [-0.05, 0) is 40.9 Å². The zero-order chi connectivity index (χ0) is 11.1. The quantitative estimate of drug-likeness (QED) is 0.844. The Labute approximate surface area is 95.8 Å². The fraction of sp³-hybridized carbons (Fsp3) is 0.375. The van der Waals surface area contributed by atoms with Gasteiger partial charge in [-0.1, -0.05) is 0 Å². The minimum absolute atomic E-state index is 0.105. The summed E-state index contributed by atoms with van der Waals surface area (Å²) in [5, 5.41) is 4.81. The van der Waals surface area contributed by atoms with Crippen molar-refractivity contribution in [1.29, 1.82) is 0 Å². The monoisotopic (exact) mass is 292 g/mol. The molecule has 0 radical (unpaired) electrons. The highest BCUT2D eigenvalue weighted by atomic mass is 79.9. The average molecular weight is 293 g/mol. The van der Waals surface area contributed by atoms with E-state index in [1.54, 1.807) is 12.1 Å². The van der Waals surface area contributed by atoms with E-state index in [1.807, 2.05) is 0 Å². The van der Waals surface area contributed by atoms with Gasteiger partial charge in [0.2, 0.25) is 5.03 Å². The number of nitrogens with two attached hydrogens (primary N) is 1. The maximum Gasteiger partial charge on any atom is 0.259 e. The summed E-state index contributed by atoms with van der Waals surface area (Å²) in [6.45, 7) is 0. The number of ether oxygens (including phenoxy) is 1. The van der Waals surface area contributed by atoms with E-state index in [0.29, 0.717) is 4.60 Å². The van der Waals surface area contributed by atoms with Gasteiger partial charge in [0, 0.05) is 0 Å². The fourth-order valence-electron chi connectivity index (χ4n) is 1.06. The smallest absolute Gasteiger partial charge is 0.259 e. The predicted octanol–water partition coefficient (Wildman–Crippen LogP) is 1.03. The molecule has 82 valence electrons. The van der Waals surface area contributed by atoms with Crippen molar-refractivity contribution in [2.24, 2.45) is 5.14 Å². The third kappa shape index (κ3) is 2.67. The Balaban J connectivity index is 2.43. The minimum Gasteiger partial charge on any atom is -0.487 e. The molecule has 1 saturated carbocycles. The number of hydrogen-bond donors (Lipinski definition) is 1. The highest BCUT2D eigenvalue weighted by molar-refractivity contribution is 9.10. The summed E-state index contributed by atoms with van der Waals surface area (Å²) in [5.74, 6) is 0.225. The summed E-state index contributed by atoms with van der Waals surface area (Å²) in [4.78, 5) is 3.80. The van der Waals surface area contributed by atoms with Gasteiger partial charge in [0.05, 0.1) is 6.10 Å². The Hall–Kier alpha value is -0.660. The van der Waals surface area contributed by atoms with Crippen molar-refractivity contribution in [2.75, 3.05) is 0 Å². The Bertz CT molecular complexity index is 485. The van der Waals surface area contributed by atoms with Crippen LogP contribution in [0.1, 0.15) is 12.8 Å². The molecule has 1 aromatic heterocycles. The van der Waals surface area contributed by atoms with Gasteiger partial charge in [-0.15, -0.1) is 0 Å². The first-order valence-corrected chi connectivity index (χ1v) is 6.67. The van der Waals surface area contributed by atoms with Crippen molar-refractivity contribution in [3.8, 4) is 5.75 Å². The van der Waals surface area contributed by atoms with Gasteiger partial charge in [-0.3, -0.25) is 0 Å². The van der Waals surface area contributed by atoms with Crippen LogP contribution in [0.3, 0.4) is 0 Å². The molecule has 2 rings (SSSR count). The molecule has 0 spiro atoms. The second kappa shape index (κ2) is 3.73. The largest absolute Gasteiger partial charge is 0.487 e. The zero-order valence-corrected chi connectivity index (χ0v) is 10.1. The lowest BCUT2D eigenvalue weighted by Gasteiger charge is -2.08. The average Bonchev–Trinajstić information content (AvgIpc) is 2.90. The molecule has 7 heteroatoms. The van der Waals surface area contributed by atoms with Gasteiger partial charge < -0.3 is 4.74 Å². The minimum atomic E-state index is -3.84. The molecule has 0 aromatic carbocycles. The number of halogens is 1. The molecule has 0 bridgehead atoms. The maximum atomic E-state index is 11.2. The molecule has 0 aliphatic heterocycles. The van der Waals surface area contributed by atoms with Crippen LogP contribution in [0.5, 0.6) is 5.75 Å². The Kier molecular flexibility index (Phi) is 2.70. The molecule has 0 unspecified atom stereocenters. The van der Waals surface area contributed by atoms with Crippen LogP contribution in [0.2, 0.25) is 0 Å². The number of rotatable bonds is 3. The first-order valence-electron chi connectivity index (χ1n) is 4.33. The standard InChI is InChI=1S/C8H9BrN2O3S/c9-7-4-3-6(14-5-1-2-5)8(11-7)15(10,12)13/h3-5H,1-2H2,(H2,10,12,13). The van der Waals surface area contributed by atoms with Gasteiger partial charge in [-0.2, -0.15) is 0 Å². The normalized spacial score (nSPS) is 16.4. The number of hydrogen-bond acceptors (Lipinski definition) is 4. The van der Waals surface area contributed by atoms with E-state index in [-0.39, 0.29) is 16.9 Å². The van der Waals surface area contributed by atoms with Crippen molar-refractivity contribution in [3.63, 3.8) is 0 Å². The van der Waals surface area contributed by atoms with Crippen LogP contribution >= 0.6 is 15.9 Å². The van der Waals surface area contributed by atoms with E-state index >= 15 is 0 Å². The second-order valence-electron chi connectivity index (χ2n) is 3.30. The molecule has 2 N–H and O–H groups in total. The van der Waals surface area contributed by atoms with Gasteiger partial charge in [0.1, 0.15) is 4.60 Å². The van der Waals surface area contributed by atoms with Gasteiger partial charge in [0.25, 0.3) is 10.0 Å². The summed E-state index contributed by atoms with van der Waals surface area (Å²) < 4.78 is 28.3. The molecule has 0 atom stereocenters. The van der Waals surface area contributed by atoms with Crippen LogP contribution in [-0.4, -0.2) is 19.5 Å². The molecule has 5 nitrogen and oxygen atoms in total. The van der Waals surface area contributed by atoms with E-state index in [1.165, 1.54) is 0 Å². The number of sulfonamides is 1. The van der Waals surface area contributed by atoms with Gasteiger partial charge >= 0.3 is 0 Å². The number of pyridine rings is 1. The first kappa shape index (κ1) is 10.8. The summed E-state index contributed by atoms with van der Waals surface area (Å²) >= 11 is 3.08. The second-order valence-corrected chi connectivity index (χ2v) is 5.59. The van der Waals surface area contributed by atoms with Gasteiger partial charge in [-0.25, -0.2) is 18.5 Å². The van der Waals surface area contributed by atoms with Crippen LogP contribution < -0.4 is 9.88 Å². The summed E-state index contributed by atoms with van der Waals surface area (Å²) in [6.07, 6.45) is 1.99. The Morgan fingerprint density at radius 2 is 2.13 bits per heavy atom. The number of aromatic nitrogens is 1. The summed E-state index contributed by atoms with van der Waals surface area (Å²) in [6, 6.07) is 3.17. The zero-order valence-electron chi connectivity index (χ0n) is 7.68. The summed E-state index contributed by atoms with van der Waals surface area (Å²) in [5.41, 5.74) is 0. The van der Waals surface area contributed by atoms with E-state index in [0.717, 1.165) is 12.8 Å². The van der Waals surface area contributed by atoms with Crippen molar-refractivity contribution in [2.45, 2.75) is 24.0 Å². The lowest BCUT2D eigenvalue weighted by atomic mass is 10.4. The topological polar surface area (TPSA) is 82.3 Å². The fourth-order valence-corrected chi connectivity index (χ4v) is 2.11. The SMILES string of the molecule is NS(=O)(=O)c1nc(Br)ccc1OC1CC1. The number of nitrogens with zero attached hydrogens (tertiary/aromatic N) is 1. The molecule has 1 aliphatic carbocycles.